The maximum atomic E-state index is 5.73. The number of hydrogen-bond acceptors (Lipinski definition) is 6. The minimum absolute atomic E-state index is 0.351. The van der Waals surface area contributed by atoms with Gasteiger partial charge in [0.25, 0.3) is 0 Å². The van der Waals surface area contributed by atoms with Crippen LogP contribution in [0.25, 0.3) is 10.2 Å². The maximum absolute atomic E-state index is 5.73. The number of rotatable bonds is 3. The van der Waals surface area contributed by atoms with Crippen LogP contribution >= 0.6 is 23.1 Å². The van der Waals surface area contributed by atoms with E-state index in [-0.39, 0.29) is 0 Å². The van der Waals surface area contributed by atoms with E-state index in [1.807, 2.05) is 5.38 Å². The Hall–Kier alpha value is -1.01. The van der Waals surface area contributed by atoms with Crippen LogP contribution in [-0.2, 0) is 0 Å². The van der Waals surface area contributed by atoms with Gasteiger partial charge in [-0.05, 0) is 30.0 Å². The van der Waals surface area contributed by atoms with Crippen molar-refractivity contribution in [2.75, 3.05) is 23.3 Å². The Kier molecular flexibility index (Phi) is 3.56. The Morgan fingerprint density at radius 1 is 1.39 bits per heavy atom. The van der Waals surface area contributed by atoms with Gasteiger partial charge in [0, 0.05) is 11.8 Å². The van der Waals surface area contributed by atoms with Crippen LogP contribution in [-0.4, -0.2) is 27.5 Å². The van der Waals surface area contributed by atoms with Crippen LogP contribution in [0.3, 0.4) is 0 Å². The van der Waals surface area contributed by atoms with E-state index in [1.54, 1.807) is 11.3 Å². The number of thiophene rings is 1. The van der Waals surface area contributed by atoms with Crippen LogP contribution in [0.1, 0.15) is 19.3 Å². The summed E-state index contributed by atoms with van der Waals surface area (Å²) in [6, 6.07) is 2.05. The highest BCUT2D eigenvalue weighted by Crippen LogP contribution is 2.28. The second-order valence-corrected chi connectivity index (χ2v) is 6.74. The number of nitrogens with two attached hydrogens (primary N) is 1. The molecule has 0 saturated carbocycles. The molecule has 18 heavy (non-hydrogen) atoms. The second-order valence-electron chi connectivity index (χ2n) is 4.44. The predicted octanol–water partition coefficient (Wildman–Crippen LogP) is 2.97. The maximum Gasteiger partial charge on any atom is 0.223 e. The highest BCUT2D eigenvalue weighted by atomic mass is 32.2. The van der Waals surface area contributed by atoms with Crippen molar-refractivity contribution >= 4 is 45.1 Å². The van der Waals surface area contributed by atoms with Gasteiger partial charge in [-0.3, -0.25) is 0 Å². The molecule has 1 fully saturated rings. The summed E-state index contributed by atoms with van der Waals surface area (Å²) in [5.41, 5.74) is 5.73. The Morgan fingerprint density at radius 2 is 2.33 bits per heavy atom. The van der Waals surface area contributed by atoms with E-state index < -0.39 is 0 Å². The Bertz CT molecular complexity index is 534. The number of hydrogen-bond donors (Lipinski definition) is 2. The second kappa shape index (κ2) is 5.32. The van der Waals surface area contributed by atoms with Crippen molar-refractivity contribution in [3.05, 3.63) is 11.4 Å². The number of nitrogen functional groups attached to an aromatic ring is 1. The molecule has 1 unspecified atom stereocenters. The number of aromatic nitrogens is 2. The normalized spacial score (nSPS) is 20.1. The monoisotopic (exact) mass is 280 g/mol. The van der Waals surface area contributed by atoms with Crippen molar-refractivity contribution in [2.45, 2.75) is 24.5 Å². The van der Waals surface area contributed by atoms with E-state index in [4.69, 9.17) is 5.73 Å². The third kappa shape index (κ3) is 2.54. The summed E-state index contributed by atoms with van der Waals surface area (Å²) >= 11 is 3.66. The molecule has 0 aromatic carbocycles. The molecule has 4 nitrogen and oxygen atoms in total. The first-order valence-electron chi connectivity index (χ1n) is 6.19. The fourth-order valence-electron chi connectivity index (χ4n) is 2.19. The van der Waals surface area contributed by atoms with Crippen LogP contribution in [0.15, 0.2) is 11.4 Å². The van der Waals surface area contributed by atoms with Gasteiger partial charge in [0.1, 0.15) is 10.6 Å². The molecule has 1 saturated heterocycles. The molecule has 0 radical (unpaired) electrons. The minimum Gasteiger partial charge on any atom is -0.368 e. The van der Waals surface area contributed by atoms with Crippen LogP contribution in [0, 0.1) is 0 Å². The predicted molar refractivity (Wildman–Crippen MR) is 80.4 cm³/mol. The number of anilines is 2. The molecule has 2 aromatic rings. The molecular weight excluding hydrogens is 264 g/mol. The molecule has 96 valence electrons. The summed E-state index contributed by atoms with van der Waals surface area (Å²) in [5, 5.41) is 7.24. The Morgan fingerprint density at radius 3 is 3.17 bits per heavy atom. The summed E-state index contributed by atoms with van der Waals surface area (Å²) in [5.74, 6) is 2.51. The Balaban J connectivity index is 1.75. The van der Waals surface area contributed by atoms with Crippen molar-refractivity contribution in [3.8, 4) is 0 Å². The highest BCUT2D eigenvalue weighted by Gasteiger charge is 2.15. The zero-order chi connectivity index (χ0) is 12.4. The van der Waals surface area contributed by atoms with Crippen LogP contribution in [0.5, 0.6) is 0 Å². The first-order chi connectivity index (χ1) is 8.83. The van der Waals surface area contributed by atoms with Gasteiger partial charge in [-0.1, -0.05) is 6.42 Å². The lowest BCUT2D eigenvalue weighted by molar-refractivity contribution is 0.677. The fraction of sp³-hybridized carbons (Fsp3) is 0.500. The lowest BCUT2D eigenvalue weighted by atomic mass is 10.2. The summed E-state index contributed by atoms with van der Waals surface area (Å²) in [6.45, 7) is 0.964. The molecule has 3 heterocycles. The third-order valence-corrected chi connectivity index (χ3v) is 5.32. The molecule has 0 bridgehead atoms. The zero-order valence-corrected chi connectivity index (χ0v) is 11.7. The molecule has 0 aliphatic carbocycles. The minimum atomic E-state index is 0.351. The average molecular weight is 280 g/mol. The van der Waals surface area contributed by atoms with Crippen LogP contribution in [0.2, 0.25) is 0 Å². The number of thioether (sulfide) groups is 1. The van der Waals surface area contributed by atoms with E-state index in [0.717, 1.165) is 22.6 Å². The molecule has 3 rings (SSSR count). The largest absolute Gasteiger partial charge is 0.368 e. The van der Waals surface area contributed by atoms with Gasteiger partial charge in [-0.2, -0.15) is 16.7 Å². The number of fused-ring (bicyclic) bond motifs is 1. The molecule has 0 spiro atoms. The van der Waals surface area contributed by atoms with Gasteiger partial charge in [-0.15, -0.1) is 11.3 Å². The fourth-order valence-corrected chi connectivity index (χ4v) is 4.20. The zero-order valence-electron chi connectivity index (χ0n) is 10.1. The number of nitrogens with zero attached hydrogens (tertiary/aromatic N) is 2. The van der Waals surface area contributed by atoms with E-state index >= 15 is 0 Å². The summed E-state index contributed by atoms with van der Waals surface area (Å²) in [6.07, 6.45) is 4.00. The van der Waals surface area contributed by atoms with Gasteiger partial charge in [0.05, 0.1) is 5.39 Å². The van der Waals surface area contributed by atoms with Crippen molar-refractivity contribution in [2.24, 2.45) is 0 Å². The van der Waals surface area contributed by atoms with Gasteiger partial charge in [-0.25, -0.2) is 4.98 Å². The van der Waals surface area contributed by atoms with E-state index in [0.29, 0.717) is 11.2 Å². The molecule has 1 atom stereocenters. The lowest BCUT2D eigenvalue weighted by Gasteiger charge is -2.21. The van der Waals surface area contributed by atoms with Gasteiger partial charge >= 0.3 is 0 Å². The SMILES string of the molecule is Nc1nc(NCC2CCCCS2)c2ccsc2n1. The van der Waals surface area contributed by atoms with Crippen molar-refractivity contribution in [1.82, 2.24) is 9.97 Å². The van der Waals surface area contributed by atoms with Gasteiger partial charge in [0.2, 0.25) is 5.95 Å². The van der Waals surface area contributed by atoms with Crippen LogP contribution < -0.4 is 11.1 Å². The Labute approximate surface area is 114 Å². The first kappa shape index (κ1) is 12.0. The lowest BCUT2D eigenvalue weighted by Crippen LogP contribution is -2.20. The molecule has 2 aromatic heterocycles. The summed E-state index contributed by atoms with van der Waals surface area (Å²) < 4.78 is 0. The van der Waals surface area contributed by atoms with E-state index in [2.05, 4.69) is 33.1 Å². The average Bonchev–Trinajstić information content (AvgIpc) is 2.85. The van der Waals surface area contributed by atoms with Gasteiger partial charge in [0.15, 0.2) is 0 Å². The van der Waals surface area contributed by atoms with E-state index in [1.165, 1.54) is 25.0 Å². The quantitative estimate of drug-likeness (QED) is 0.905. The highest BCUT2D eigenvalue weighted by molar-refractivity contribution is 7.99. The first-order valence-corrected chi connectivity index (χ1v) is 8.12. The topological polar surface area (TPSA) is 63.8 Å². The molecule has 1 aliphatic heterocycles. The van der Waals surface area contributed by atoms with Crippen LogP contribution in [0.4, 0.5) is 11.8 Å². The molecule has 3 N–H and O–H groups in total. The van der Waals surface area contributed by atoms with E-state index in [9.17, 15) is 0 Å². The molecule has 0 amide bonds. The molecule has 6 heteroatoms. The van der Waals surface area contributed by atoms with Gasteiger partial charge < -0.3 is 11.1 Å². The van der Waals surface area contributed by atoms with Crippen molar-refractivity contribution < 1.29 is 0 Å². The third-order valence-electron chi connectivity index (χ3n) is 3.11. The summed E-state index contributed by atoms with van der Waals surface area (Å²) in [4.78, 5) is 9.50. The molecule has 1 aliphatic rings. The molecular formula is C12H16N4S2. The standard InChI is InChI=1S/C12H16N4S2/c13-12-15-10(9-4-6-18-11(9)16-12)14-7-8-3-1-2-5-17-8/h4,6,8H,1-3,5,7H2,(H3,13,14,15,16). The van der Waals surface area contributed by atoms with Crippen molar-refractivity contribution in [1.29, 1.82) is 0 Å². The number of nitrogens with one attached hydrogen (secondary N) is 1. The smallest absolute Gasteiger partial charge is 0.223 e. The van der Waals surface area contributed by atoms with Crippen molar-refractivity contribution in [3.63, 3.8) is 0 Å². The summed E-state index contributed by atoms with van der Waals surface area (Å²) in [7, 11) is 0.